The maximum absolute atomic E-state index is 13.0. The summed E-state index contributed by atoms with van der Waals surface area (Å²) < 4.78 is 13.0. The van der Waals surface area contributed by atoms with Crippen LogP contribution in [0.3, 0.4) is 0 Å². The molecule has 0 aliphatic heterocycles. The summed E-state index contributed by atoms with van der Waals surface area (Å²) in [6.45, 7) is 3.59. The van der Waals surface area contributed by atoms with E-state index in [1.165, 1.54) is 12.1 Å². The molecule has 104 valence electrons. The number of halogens is 1. The maximum atomic E-state index is 13.0. The Morgan fingerprint density at radius 2 is 1.85 bits per heavy atom. The first-order chi connectivity index (χ1) is 9.54. The normalized spacial score (nSPS) is 10.4. The van der Waals surface area contributed by atoms with Crippen LogP contribution in [0.25, 0.3) is 0 Å². The van der Waals surface area contributed by atoms with Crippen molar-refractivity contribution in [2.24, 2.45) is 5.92 Å². The van der Waals surface area contributed by atoms with Crippen molar-refractivity contribution in [2.75, 3.05) is 10.6 Å². The van der Waals surface area contributed by atoms with Crippen molar-refractivity contribution in [1.82, 2.24) is 10.2 Å². The van der Waals surface area contributed by atoms with Crippen molar-refractivity contribution in [3.8, 4) is 0 Å². The fourth-order valence-electron chi connectivity index (χ4n) is 1.45. The molecule has 0 aliphatic carbocycles. The summed E-state index contributed by atoms with van der Waals surface area (Å²) in [6.07, 6.45) is 0. The largest absolute Gasteiger partial charge is 0.339 e. The van der Waals surface area contributed by atoms with E-state index in [2.05, 4.69) is 20.8 Å². The van der Waals surface area contributed by atoms with E-state index >= 15 is 0 Å². The van der Waals surface area contributed by atoms with Crippen LogP contribution in [0, 0.1) is 11.7 Å². The zero-order valence-corrected chi connectivity index (χ0v) is 11.2. The van der Waals surface area contributed by atoms with Crippen LogP contribution in [-0.4, -0.2) is 16.1 Å². The SMILES string of the molecule is CC(C)C(=O)Nc1ccc(Nc2cccc(F)c2)nn1. The van der Waals surface area contributed by atoms with E-state index in [0.717, 1.165) is 0 Å². The third kappa shape index (κ3) is 3.74. The lowest BCUT2D eigenvalue weighted by Crippen LogP contribution is -2.18. The van der Waals surface area contributed by atoms with Crippen molar-refractivity contribution in [1.29, 1.82) is 0 Å². The second kappa shape index (κ2) is 6.10. The van der Waals surface area contributed by atoms with Crippen molar-refractivity contribution in [3.63, 3.8) is 0 Å². The number of carbonyl (C=O) groups is 1. The Hall–Kier alpha value is -2.50. The molecule has 0 bridgehead atoms. The lowest BCUT2D eigenvalue weighted by molar-refractivity contribution is -0.118. The molecule has 0 spiro atoms. The Bertz CT molecular complexity index is 598. The van der Waals surface area contributed by atoms with Gasteiger partial charge in [0.05, 0.1) is 0 Å². The lowest BCUT2D eigenvalue weighted by atomic mass is 10.2. The first-order valence-electron chi connectivity index (χ1n) is 6.22. The Balaban J connectivity index is 2.03. The molecule has 0 fully saturated rings. The van der Waals surface area contributed by atoms with E-state index in [-0.39, 0.29) is 17.6 Å². The number of nitrogens with zero attached hydrogens (tertiary/aromatic N) is 2. The summed E-state index contributed by atoms with van der Waals surface area (Å²) in [4.78, 5) is 11.5. The highest BCUT2D eigenvalue weighted by atomic mass is 19.1. The van der Waals surface area contributed by atoms with Crippen molar-refractivity contribution in [3.05, 3.63) is 42.2 Å². The minimum absolute atomic E-state index is 0.120. The van der Waals surface area contributed by atoms with Gasteiger partial charge < -0.3 is 10.6 Å². The molecule has 20 heavy (non-hydrogen) atoms. The average Bonchev–Trinajstić information content (AvgIpc) is 2.41. The minimum Gasteiger partial charge on any atom is -0.339 e. The van der Waals surface area contributed by atoms with Gasteiger partial charge in [-0.15, -0.1) is 10.2 Å². The summed E-state index contributed by atoms with van der Waals surface area (Å²) >= 11 is 0. The molecule has 0 unspecified atom stereocenters. The van der Waals surface area contributed by atoms with Crippen LogP contribution < -0.4 is 10.6 Å². The second-order valence-corrected chi connectivity index (χ2v) is 4.58. The van der Waals surface area contributed by atoms with E-state index in [1.807, 2.05) is 0 Å². The van der Waals surface area contributed by atoms with Gasteiger partial charge in [0, 0.05) is 11.6 Å². The molecule has 0 radical (unpaired) electrons. The van der Waals surface area contributed by atoms with Crippen LogP contribution in [0.1, 0.15) is 13.8 Å². The van der Waals surface area contributed by atoms with Crippen LogP contribution in [0.5, 0.6) is 0 Å². The molecule has 6 heteroatoms. The van der Waals surface area contributed by atoms with Gasteiger partial charge in [-0.3, -0.25) is 4.79 Å². The molecule has 0 saturated carbocycles. The summed E-state index contributed by atoms with van der Waals surface area (Å²) in [5, 5.41) is 13.4. The zero-order valence-electron chi connectivity index (χ0n) is 11.2. The topological polar surface area (TPSA) is 66.9 Å². The van der Waals surface area contributed by atoms with Gasteiger partial charge in [0.1, 0.15) is 5.82 Å². The first-order valence-corrected chi connectivity index (χ1v) is 6.22. The molecule has 2 rings (SSSR count). The van der Waals surface area contributed by atoms with E-state index in [9.17, 15) is 9.18 Å². The quantitative estimate of drug-likeness (QED) is 0.899. The minimum atomic E-state index is -0.330. The van der Waals surface area contributed by atoms with E-state index in [1.54, 1.807) is 38.1 Å². The van der Waals surface area contributed by atoms with Crippen LogP contribution in [0.2, 0.25) is 0 Å². The molecule has 1 heterocycles. The molecule has 0 aliphatic rings. The molecule has 5 nitrogen and oxygen atoms in total. The average molecular weight is 274 g/mol. The predicted octanol–water partition coefficient (Wildman–Crippen LogP) is 2.95. The van der Waals surface area contributed by atoms with Gasteiger partial charge in [-0.2, -0.15) is 0 Å². The van der Waals surface area contributed by atoms with Crippen molar-refractivity contribution >= 4 is 23.2 Å². The van der Waals surface area contributed by atoms with Gasteiger partial charge in [0.2, 0.25) is 5.91 Å². The smallest absolute Gasteiger partial charge is 0.228 e. The fourth-order valence-corrected chi connectivity index (χ4v) is 1.45. The summed E-state index contributed by atoms with van der Waals surface area (Å²) in [7, 11) is 0. The number of rotatable bonds is 4. The van der Waals surface area contributed by atoms with Gasteiger partial charge in [-0.1, -0.05) is 19.9 Å². The van der Waals surface area contributed by atoms with Gasteiger partial charge in [0.15, 0.2) is 11.6 Å². The Morgan fingerprint density at radius 1 is 1.15 bits per heavy atom. The third-order valence-corrected chi connectivity index (χ3v) is 2.54. The van der Waals surface area contributed by atoms with Crippen molar-refractivity contribution < 1.29 is 9.18 Å². The molecule has 0 saturated heterocycles. The molecule has 1 aromatic heterocycles. The number of aromatic nitrogens is 2. The number of hydrogen-bond donors (Lipinski definition) is 2. The molecular formula is C14H15FN4O. The number of carbonyl (C=O) groups excluding carboxylic acids is 1. The van der Waals surface area contributed by atoms with E-state index in [0.29, 0.717) is 17.3 Å². The Morgan fingerprint density at radius 3 is 2.45 bits per heavy atom. The lowest BCUT2D eigenvalue weighted by Gasteiger charge is -2.08. The number of benzene rings is 1. The number of amides is 1. The zero-order chi connectivity index (χ0) is 14.5. The number of hydrogen-bond acceptors (Lipinski definition) is 4. The van der Waals surface area contributed by atoms with Gasteiger partial charge >= 0.3 is 0 Å². The highest BCUT2D eigenvalue weighted by molar-refractivity contribution is 5.91. The van der Waals surface area contributed by atoms with E-state index < -0.39 is 0 Å². The Labute approximate surface area is 116 Å². The highest BCUT2D eigenvalue weighted by Crippen LogP contribution is 2.15. The maximum Gasteiger partial charge on any atom is 0.228 e. The summed E-state index contributed by atoms with van der Waals surface area (Å²) in [5.41, 5.74) is 0.582. The third-order valence-electron chi connectivity index (χ3n) is 2.54. The van der Waals surface area contributed by atoms with Gasteiger partial charge in [0.25, 0.3) is 0 Å². The van der Waals surface area contributed by atoms with Crippen molar-refractivity contribution in [2.45, 2.75) is 13.8 Å². The highest BCUT2D eigenvalue weighted by Gasteiger charge is 2.08. The fraction of sp³-hybridized carbons (Fsp3) is 0.214. The number of nitrogens with one attached hydrogen (secondary N) is 2. The number of anilines is 3. The summed E-state index contributed by atoms with van der Waals surface area (Å²) in [5.74, 6) is 0.280. The van der Waals surface area contributed by atoms with Crippen LogP contribution >= 0.6 is 0 Å². The molecule has 2 aromatic rings. The van der Waals surface area contributed by atoms with Crippen LogP contribution in [0.15, 0.2) is 36.4 Å². The molecule has 1 amide bonds. The standard InChI is InChI=1S/C14H15FN4O/c1-9(2)14(20)17-13-7-6-12(18-19-13)16-11-5-3-4-10(15)8-11/h3-9H,1-2H3,(H,16,18)(H,17,19,20). The van der Waals surface area contributed by atoms with Gasteiger partial charge in [-0.25, -0.2) is 4.39 Å². The van der Waals surface area contributed by atoms with Crippen LogP contribution in [-0.2, 0) is 4.79 Å². The Kier molecular flexibility index (Phi) is 4.24. The second-order valence-electron chi connectivity index (χ2n) is 4.58. The molecule has 1 aromatic carbocycles. The van der Waals surface area contributed by atoms with Crippen LogP contribution in [0.4, 0.5) is 21.7 Å². The molecule has 2 N–H and O–H groups in total. The van der Waals surface area contributed by atoms with Gasteiger partial charge in [-0.05, 0) is 30.3 Å². The molecular weight excluding hydrogens is 259 g/mol. The monoisotopic (exact) mass is 274 g/mol. The molecule has 0 atom stereocenters. The predicted molar refractivity (Wildman–Crippen MR) is 75.2 cm³/mol. The van der Waals surface area contributed by atoms with E-state index in [4.69, 9.17) is 0 Å². The summed E-state index contributed by atoms with van der Waals surface area (Å²) in [6, 6.07) is 9.34. The first kappa shape index (κ1) is 13.9.